The largest absolute Gasteiger partial charge is 0.353 e. The molecular weight excluding hydrogens is 268 g/mol. The van der Waals surface area contributed by atoms with E-state index >= 15 is 0 Å². The Hall–Kier alpha value is -1.10. The van der Waals surface area contributed by atoms with Crippen LogP contribution in [0.2, 0.25) is 0 Å². The molecule has 1 aromatic rings. The third kappa shape index (κ3) is 4.49. The van der Waals surface area contributed by atoms with Crippen molar-refractivity contribution >= 4 is 17.7 Å². The minimum absolute atomic E-state index is 0.0402. The summed E-state index contributed by atoms with van der Waals surface area (Å²) < 4.78 is 25.7. The predicted molar refractivity (Wildman–Crippen MR) is 72.1 cm³/mol. The highest BCUT2D eigenvalue weighted by Crippen LogP contribution is 2.21. The molecule has 0 spiro atoms. The lowest BCUT2D eigenvalue weighted by molar-refractivity contribution is -0.119. The van der Waals surface area contributed by atoms with Crippen molar-refractivity contribution in [2.75, 3.05) is 5.75 Å². The molecule has 2 rings (SSSR count). The zero-order valence-electron chi connectivity index (χ0n) is 10.6. The quantitative estimate of drug-likeness (QED) is 0.858. The van der Waals surface area contributed by atoms with Gasteiger partial charge in [0, 0.05) is 10.9 Å². The van der Waals surface area contributed by atoms with Crippen LogP contribution in [-0.2, 0) is 4.79 Å². The molecule has 0 atom stereocenters. The van der Waals surface area contributed by atoms with Crippen LogP contribution in [0.5, 0.6) is 0 Å². The molecule has 1 amide bonds. The summed E-state index contributed by atoms with van der Waals surface area (Å²) in [5, 5.41) is 2.99. The molecule has 1 N–H and O–H groups in total. The molecule has 19 heavy (non-hydrogen) atoms. The smallest absolute Gasteiger partial charge is 0.230 e. The summed E-state index contributed by atoms with van der Waals surface area (Å²) in [5.41, 5.74) is 0. The molecule has 1 aliphatic carbocycles. The van der Waals surface area contributed by atoms with E-state index in [2.05, 4.69) is 5.32 Å². The number of hydrogen-bond acceptors (Lipinski definition) is 2. The maximum atomic E-state index is 13.0. The molecule has 2 nitrogen and oxygen atoms in total. The topological polar surface area (TPSA) is 29.1 Å². The highest BCUT2D eigenvalue weighted by molar-refractivity contribution is 8.00. The van der Waals surface area contributed by atoms with Crippen molar-refractivity contribution in [3.05, 3.63) is 29.8 Å². The Labute approximate surface area is 116 Å². The van der Waals surface area contributed by atoms with Crippen LogP contribution in [0.15, 0.2) is 23.1 Å². The normalized spacial score (nSPS) is 16.3. The molecule has 1 saturated carbocycles. The SMILES string of the molecule is O=C(CSc1ccc(F)c(F)c1)NC1CCCCC1. The van der Waals surface area contributed by atoms with Gasteiger partial charge in [0.1, 0.15) is 0 Å². The first-order valence-corrected chi connectivity index (χ1v) is 7.51. The minimum atomic E-state index is -0.877. The van der Waals surface area contributed by atoms with Gasteiger partial charge in [-0.2, -0.15) is 0 Å². The summed E-state index contributed by atoms with van der Waals surface area (Å²) in [6.45, 7) is 0. The number of halogens is 2. The molecule has 0 aliphatic heterocycles. The first kappa shape index (κ1) is 14.3. The van der Waals surface area contributed by atoms with Crippen LogP contribution >= 0.6 is 11.8 Å². The Morgan fingerprint density at radius 3 is 2.63 bits per heavy atom. The van der Waals surface area contributed by atoms with Gasteiger partial charge in [-0.25, -0.2) is 8.78 Å². The number of carbonyl (C=O) groups is 1. The molecule has 0 unspecified atom stereocenters. The highest BCUT2D eigenvalue weighted by Gasteiger charge is 2.15. The maximum absolute atomic E-state index is 13.0. The Bertz CT molecular complexity index is 447. The van der Waals surface area contributed by atoms with E-state index < -0.39 is 11.6 Å². The van der Waals surface area contributed by atoms with Crippen LogP contribution in [0.1, 0.15) is 32.1 Å². The average Bonchev–Trinajstić information content (AvgIpc) is 2.41. The van der Waals surface area contributed by atoms with Crippen LogP contribution in [0.3, 0.4) is 0 Å². The molecule has 0 saturated heterocycles. The molecule has 0 aromatic heterocycles. The highest BCUT2D eigenvalue weighted by atomic mass is 32.2. The van der Waals surface area contributed by atoms with Crippen LogP contribution in [0.4, 0.5) is 8.78 Å². The molecule has 1 aromatic carbocycles. The van der Waals surface area contributed by atoms with Gasteiger partial charge < -0.3 is 5.32 Å². The van der Waals surface area contributed by atoms with Crippen molar-refractivity contribution in [3.63, 3.8) is 0 Å². The molecule has 104 valence electrons. The summed E-state index contributed by atoms with van der Waals surface area (Å²) in [5.74, 6) is -1.54. The number of amides is 1. The molecular formula is C14H17F2NOS. The Morgan fingerprint density at radius 2 is 1.95 bits per heavy atom. The van der Waals surface area contributed by atoms with Gasteiger partial charge in [0.2, 0.25) is 5.91 Å². The monoisotopic (exact) mass is 285 g/mol. The fraction of sp³-hybridized carbons (Fsp3) is 0.500. The summed E-state index contributed by atoms with van der Waals surface area (Å²) >= 11 is 1.22. The standard InChI is InChI=1S/C14H17F2NOS/c15-12-7-6-11(8-13(12)16)19-9-14(18)17-10-4-2-1-3-5-10/h6-8,10H,1-5,9H2,(H,17,18). The molecule has 0 bridgehead atoms. The van der Waals surface area contributed by atoms with E-state index in [-0.39, 0.29) is 17.7 Å². The number of thioether (sulfide) groups is 1. The number of carbonyl (C=O) groups excluding carboxylic acids is 1. The van der Waals surface area contributed by atoms with Gasteiger partial charge >= 0.3 is 0 Å². The summed E-state index contributed by atoms with van der Waals surface area (Å²) in [7, 11) is 0. The molecule has 1 aliphatic rings. The van der Waals surface area contributed by atoms with Crippen molar-refractivity contribution in [2.45, 2.75) is 43.0 Å². The lowest BCUT2D eigenvalue weighted by atomic mass is 9.95. The van der Waals surface area contributed by atoms with Crippen LogP contribution in [0.25, 0.3) is 0 Å². The van der Waals surface area contributed by atoms with Gasteiger partial charge in [-0.05, 0) is 31.0 Å². The summed E-state index contributed by atoms with van der Waals surface area (Å²) in [6.07, 6.45) is 5.67. The Kier molecular flexibility index (Phi) is 5.19. The average molecular weight is 285 g/mol. The fourth-order valence-corrected chi connectivity index (χ4v) is 2.96. The van der Waals surface area contributed by atoms with E-state index in [0.717, 1.165) is 25.0 Å². The number of rotatable bonds is 4. The van der Waals surface area contributed by atoms with E-state index in [0.29, 0.717) is 4.90 Å². The van der Waals surface area contributed by atoms with Gasteiger partial charge in [0.05, 0.1) is 5.75 Å². The van der Waals surface area contributed by atoms with Crippen molar-refractivity contribution in [3.8, 4) is 0 Å². The Balaban J connectivity index is 1.77. The minimum Gasteiger partial charge on any atom is -0.353 e. The molecule has 0 radical (unpaired) electrons. The number of nitrogens with one attached hydrogen (secondary N) is 1. The second-order valence-electron chi connectivity index (χ2n) is 4.77. The maximum Gasteiger partial charge on any atom is 0.230 e. The van der Waals surface area contributed by atoms with E-state index in [1.54, 1.807) is 0 Å². The third-order valence-corrected chi connectivity index (χ3v) is 4.23. The van der Waals surface area contributed by atoms with Crippen molar-refractivity contribution in [2.24, 2.45) is 0 Å². The van der Waals surface area contributed by atoms with Gasteiger partial charge in [-0.1, -0.05) is 19.3 Å². The zero-order valence-corrected chi connectivity index (χ0v) is 11.4. The van der Waals surface area contributed by atoms with Gasteiger partial charge in [-0.15, -0.1) is 11.8 Å². The van der Waals surface area contributed by atoms with E-state index in [1.807, 2.05) is 0 Å². The molecule has 0 heterocycles. The van der Waals surface area contributed by atoms with Crippen molar-refractivity contribution in [1.82, 2.24) is 5.32 Å². The van der Waals surface area contributed by atoms with Gasteiger partial charge in [0.25, 0.3) is 0 Å². The fourth-order valence-electron chi connectivity index (χ4n) is 2.23. The van der Waals surface area contributed by atoms with E-state index in [4.69, 9.17) is 0 Å². The second-order valence-corrected chi connectivity index (χ2v) is 5.82. The van der Waals surface area contributed by atoms with Gasteiger partial charge in [0.15, 0.2) is 11.6 Å². The van der Waals surface area contributed by atoms with E-state index in [9.17, 15) is 13.6 Å². The van der Waals surface area contributed by atoms with Crippen LogP contribution in [-0.4, -0.2) is 17.7 Å². The van der Waals surface area contributed by atoms with Crippen LogP contribution < -0.4 is 5.32 Å². The van der Waals surface area contributed by atoms with E-state index in [1.165, 1.54) is 37.1 Å². The number of hydrogen-bond donors (Lipinski definition) is 1. The predicted octanol–water partition coefficient (Wildman–Crippen LogP) is 3.51. The second kappa shape index (κ2) is 6.89. The Morgan fingerprint density at radius 1 is 1.21 bits per heavy atom. The first-order chi connectivity index (χ1) is 9.15. The van der Waals surface area contributed by atoms with Gasteiger partial charge in [-0.3, -0.25) is 4.79 Å². The lowest BCUT2D eigenvalue weighted by Gasteiger charge is -2.22. The third-order valence-electron chi connectivity index (χ3n) is 3.23. The number of benzene rings is 1. The molecule has 1 fully saturated rings. The molecule has 5 heteroatoms. The zero-order chi connectivity index (χ0) is 13.7. The van der Waals surface area contributed by atoms with Crippen LogP contribution in [0, 0.1) is 11.6 Å². The summed E-state index contributed by atoms with van der Waals surface area (Å²) in [6, 6.07) is 3.97. The lowest BCUT2D eigenvalue weighted by Crippen LogP contribution is -2.37. The van der Waals surface area contributed by atoms with Crippen molar-refractivity contribution < 1.29 is 13.6 Å². The van der Waals surface area contributed by atoms with Crippen molar-refractivity contribution in [1.29, 1.82) is 0 Å². The first-order valence-electron chi connectivity index (χ1n) is 6.52. The summed E-state index contributed by atoms with van der Waals surface area (Å²) in [4.78, 5) is 12.3.